The van der Waals surface area contributed by atoms with Crippen LogP contribution in [-0.2, 0) is 21.3 Å². The van der Waals surface area contributed by atoms with Crippen LogP contribution in [0.2, 0.25) is 0 Å². The van der Waals surface area contributed by atoms with Gasteiger partial charge in [0.2, 0.25) is 0 Å². The average molecular weight is 357 g/mol. The molecular formula is C18H19N3O3S. The number of sulfonamides is 1. The minimum atomic E-state index is -3.65. The summed E-state index contributed by atoms with van der Waals surface area (Å²) in [7, 11) is -3.65. The lowest BCUT2D eigenvalue weighted by atomic mass is 10.1. The van der Waals surface area contributed by atoms with E-state index in [0.717, 1.165) is 30.2 Å². The van der Waals surface area contributed by atoms with Crippen molar-refractivity contribution in [2.24, 2.45) is 0 Å². The highest BCUT2D eigenvalue weighted by Crippen LogP contribution is 2.21. The summed E-state index contributed by atoms with van der Waals surface area (Å²) in [6.45, 7) is 1.42. The molecule has 1 unspecified atom stereocenters. The molecule has 0 aliphatic carbocycles. The molecule has 1 aliphatic heterocycles. The second-order valence-corrected chi connectivity index (χ2v) is 7.88. The molecule has 2 aromatic carbocycles. The number of nitrogens with one attached hydrogen (secondary N) is 1. The van der Waals surface area contributed by atoms with Crippen LogP contribution in [-0.4, -0.2) is 30.9 Å². The Morgan fingerprint density at radius 2 is 2.04 bits per heavy atom. The van der Waals surface area contributed by atoms with Gasteiger partial charge >= 0.3 is 0 Å². The molecule has 7 heteroatoms. The molecule has 0 saturated carbocycles. The normalized spacial score (nSPS) is 17.8. The van der Waals surface area contributed by atoms with Gasteiger partial charge in [-0.15, -0.1) is 0 Å². The van der Waals surface area contributed by atoms with Gasteiger partial charge in [0.05, 0.1) is 29.4 Å². The van der Waals surface area contributed by atoms with Crippen LogP contribution in [0, 0.1) is 0 Å². The van der Waals surface area contributed by atoms with Crippen molar-refractivity contribution in [2.45, 2.75) is 30.4 Å². The first-order valence-corrected chi connectivity index (χ1v) is 9.74. The van der Waals surface area contributed by atoms with E-state index in [1.807, 2.05) is 30.3 Å². The highest BCUT2D eigenvalue weighted by Gasteiger charge is 2.18. The molecule has 1 aliphatic rings. The Labute approximate surface area is 146 Å². The summed E-state index contributed by atoms with van der Waals surface area (Å²) in [5, 5.41) is 6.11. The van der Waals surface area contributed by atoms with Gasteiger partial charge in [0.15, 0.2) is 0 Å². The van der Waals surface area contributed by atoms with Crippen molar-refractivity contribution in [1.82, 2.24) is 9.78 Å². The monoisotopic (exact) mass is 357 g/mol. The second kappa shape index (κ2) is 6.50. The van der Waals surface area contributed by atoms with E-state index in [1.54, 1.807) is 23.0 Å². The summed E-state index contributed by atoms with van der Waals surface area (Å²) in [6, 6.07) is 12.8. The summed E-state index contributed by atoms with van der Waals surface area (Å²) in [5.41, 5.74) is 0.450. The van der Waals surface area contributed by atoms with Crippen LogP contribution in [0.5, 0.6) is 0 Å². The Kier molecular flexibility index (Phi) is 4.19. The van der Waals surface area contributed by atoms with E-state index in [-0.39, 0.29) is 11.0 Å². The summed E-state index contributed by atoms with van der Waals surface area (Å²) < 4.78 is 35.1. The third-order valence-corrected chi connectivity index (χ3v) is 5.71. The molecule has 25 heavy (non-hydrogen) atoms. The molecule has 1 atom stereocenters. The summed E-state index contributed by atoms with van der Waals surface area (Å²) >= 11 is 0. The first kappa shape index (κ1) is 16.1. The van der Waals surface area contributed by atoms with Crippen LogP contribution in [0.1, 0.15) is 12.8 Å². The molecule has 2 heterocycles. The topological polar surface area (TPSA) is 73.2 Å². The Balaban J connectivity index is 1.53. The molecular weight excluding hydrogens is 338 g/mol. The van der Waals surface area contributed by atoms with Gasteiger partial charge in [0, 0.05) is 12.8 Å². The van der Waals surface area contributed by atoms with Gasteiger partial charge in [-0.05, 0) is 35.7 Å². The standard InChI is InChI=1S/C18H19N3O3S/c22-25(23,18-8-7-14-4-1-2-5-15(14)10-18)20-16-11-19-21(12-16)13-17-6-3-9-24-17/h1-2,4-5,7-8,10-12,17,20H,3,6,9,13H2. The number of fused-ring (bicyclic) bond motifs is 1. The largest absolute Gasteiger partial charge is 0.376 e. The minimum Gasteiger partial charge on any atom is -0.376 e. The molecule has 0 amide bonds. The van der Waals surface area contributed by atoms with Gasteiger partial charge in [-0.3, -0.25) is 9.40 Å². The SMILES string of the molecule is O=S(=O)(Nc1cnn(CC2CCCO2)c1)c1ccc2ccccc2c1. The number of rotatable bonds is 5. The van der Waals surface area contributed by atoms with E-state index in [4.69, 9.17) is 4.74 Å². The lowest BCUT2D eigenvalue weighted by Crippen LogP contribution is -2.15. The third-order valence-electron chi connectivity index (χ3n) is 4.33. The fraction of sp³-hybridized carbons (Fsp3) is 0.278. The molecule has 130 valence electrons. The molecule has 1 aromatic heterocycles. The Morgan fingerprint density at radius 3 is 2.84 bits per heavy atom. The number of hydrogen-bond donors (Lipinski definition) is 1. The van der Waals surface area contributed by atoms with Crippen molar-refractivity contribution in [2.75, 3.05) is 11.3 Å². The Bertz CT molecular complexity index is 991. The zero-order valence-corrected chi connectivity index (χ0v) is 14.4. The quantitative estimate of drug-likeness (QED) is 0.762. The third kappa shape index (κ3) is 3.52. The highest BCUT2D eigenvalue weighted by molar-refractivity contribution is 7.92. The number of aromatic nitrogens is 2. The fourth-order valence-corrected chi connectivity index (χ4v) is 4.12. The van der Waals surface area contributed by atoms with Gasteiger partial charge in [0.25, 0.3) is 10.0 Å². The van der Waals surface area contributed by atoms with Gasteiger partial charge in [-0.1, -0.05) is 30.3 Å². The van der Waals surface area contributed by atoms with E-state index < -0.39 is 10.0 Å². The molecule has 6 nitrogen and oxygen atoms in total. The predicted molar refractivity (Wildman–Crippen MR) is 96.0 cm³/mol. The molecule has 4 rings (SSSR count). The van der Waals surface area contributed by atoms with Crippen molar-refractivity contribution in [1.29, 1.82) is 0 Å². The predicted octanol–water partition coefficient (Wildman–Crippen LogP) is 3.02. The van der Waals surface area contributed by atoms with Crippen molar-refractivity contribution in [3.63, 3.8) is 0 Å². The maximum Gasteiger partial charge on any atom is 0.262 e. The van der Waals surface area contributed by atoms with Crippen molar-refractivity contribution >= 4 is 26.5 Å². The van der Waals surface area contributed by atoms with Crippen LogP contribution in [0.3, 0.4) is 0 Å². The molecule has 0 radical (unpaired) electrons. The molecule has 1 fully saturated rings. The lowest BCUT2D eigenvalue weighted by Gasteiger charge is -2.09. The zero-order valence-electron chi connectivity index (χ0n) is 13.6. The molecule has 3 aromatic rings. The fourth-order valence-electron chi connectivity index (χ4n) is 3.06. The first-order chi connectivity index (χ1) is 12.1. The van der Waals surface area contributed by atoms with E-state index >= 15 is 0 Å². The molecule has 1 N–H and O–H groups in total. The summed E-state index contributed by atoms with van der Waals surface area (Å²) in [5.74, 6) is 0. The summed E-state index contributed by atoms with van der Waals surface area (Å²) in [4.78, 5) is 0.234. The number of ether oxygens (including phenoxy) is 1. The van der Waals surface area contributed by atoms with Gasteiger partial charge in [-0.25, -0.2) is 8.42 Å². The van der Waals surface area contributed by atoms with E-state index in [0.29, 0.717) is 12.2 Å². The van der Waals surface area contributed by atoms with Gasteiger partial charge in [-0.2, -0.15) is 5.10 Å². The zero-order chi connectivity index (χ0) is 17.3. The molecule has 0 bridgehead atoms. The van der Waals surface area contributed by atoms with Crippen molar-refractivity contribution in [3.8, 4) is 0 Å². The van der Waals surface area contributed by atoms with Gasteiger partial charge < -0.3 is 4.74 Å². The average Bonchev–Trinajstić information content (AvgIpc) is 3.27. The maximum absolute atomic E-state index is 12.6. The van der Waals surface area contributed by atoms with Crippen molar-refractivity contribution < 1.29 is 13.2 Å². The number of anilines is 1. The van der Waals surface area contributed by atoms with E-state index in [1.165, 1.54) is 6.20 Å². The van der Waals surface area contributed by atoms with Crippen LogP contribution >= 0.6 is 0 Å². The highest BCUT2D eigenvalue weighted by atomic mass is 32.2. The molecule has 1 saturated heterocycles. The first-order valence-electron chi connectivity index (χ1n) is 8.26. The number of benzene rings is 2. The van der Waals surface area contributed by atoms with Crippen LogP contribution < -0.4 is 4.72 Å². The number of nitrogens with zero attached hydrogens (tertiary/aromatic N) is 2. The van der Waals surface area contributed by atoms with Crippen LogP contribution in [0.15, 0.2) is 59.8 Å². The smallest absolute Gasteiger partial charge is 0.262 e. The Morgan fingerprint density at radius 1 is 1.20 bits per heavy atom. The van der Waals surface area contributed by atoms with Crippen molar-refractivity contribution in [3.05, 3.63) is 54.9 Å². The lowest BCUT2D eigenvalue weighted by molar-refractivity contribution is 0.0940. The van der Waals surface area contributed by atoms with E-state index in [9.17, 15) is 8.42 Å². The second-order valence-electron chi connectivity index (χ2n) is 6.20. The maximum atomic E-state index is 12.6. The van der Waals surface area contributed by atoms with Crippen LogP contribution in [0.25, 0.3) is 10.8 Å². The van der Waals surface area contributed by atoms with Gasteiger partial charge in [0.1, 0.15) is 0 Å². The molecule has 0 spiro atoms. The number of hydrogen-bond acceptors (Lipinski definition) is 4. The van der Waals surface area contributed by atoms with E-state index in [2.05, 4.69) is 9.82 Å². The Hall–Kier alpha value is -2.38. The minimum absolute atomic E-state index is 0.157. The van der Waals surface area contributed by atoms with Crippen LogP contribution in [0.4, 0.5) is 5.69 Å². The summed E-state index contributed by atoms with van der Waals surface area (Å²) in [6.07, 6.45) is 5.45.